The molecule has 1 atom stereocenters. The van der Waals surface area contributed by atoms with E-state index in [-0.39, 0.29) is 0 Å². The molecule has 1 fully saturated rings. The second-order valence-corrected chi connectivity index (χ2v) is 9.20. The van der Waals surface area contributed by atoms with Gasteiger partial charge in [-0.25, -0.2) is 4.98 Å². The number of piperidine rings is 1. The van der Waals surface area contributed by atoms with Crippen molar-refractivity contribution in [1.29, 1.82) is 0 Å². The summed E-state index contributed by atoms with van der Waals surface area (Å²) in [6.07, 6.45) is 7.50. The normalized spacial score (nSPS) is 21.3. The smallest absolute Gasteiger partial charge is 0.146 e. The molecular weight excluding hydrogens is 344 g/mol. The minimum atomic E-state index is 0.478. The summed E-state index contributed by atoms with van der Waals surface area (Å²) in [5.74, 6) is 2.67. The third kappa shape index (κ3) is 3.85. The second kappa shape index (κ2) is 7.74. The molecule has 0 unspecified atom stereocenters. The molecule has 1 aliphatic heterocycles. The Balaban J connectivity index is 1.43. The third-order valence-corrected chi connectivity index (χ3v) is 6.72. The van der Waals surface area contributed by atoms with Crippen LogP contribution in [0.4, 0.5) is 0 Å². The van der Waals surface area contributed by atoms with Gasteiger partial charge in [-0.1, -0.05) is 0 Å². The highest BCUT2D eigenvalue weighted by Crippen LogP contribution is 2.30. The predicted molar refractivity (Wildman–Crippen MR) is 104 cm³/mol. The molecule has 1 saturated heterocycles. The van der Waals surface area contributed by atoms with E-state index in [2.05, 4.69) is 45.7 Å². The van der Waals surface area contributed by atoms with Crippen LogP contribution in [0.3, 0.4) is 0 Å². The molecule has 0 aromatic carbocycles. The molecule has 1 aliphatic carbocycles. The number of hydrogen-bond acceptors (Lipinski definition) is 6. The van der Waals surface area contributed by atoms with Crippen LogP contribution in [-0.2, 0) is 33.0 Å². The molecule has 0 spiro atoms. The number of hydrogen-bond donors (Lipinski definition) is 0. The van der Waals surface area contributed by atoms with Crippen LogP contribution in [0.25, 0.3) is 0 Å². The van der Waals surface area contributed by atoms with Gasteiger partial charge < -0.3 is 9.47 Å². The van der Waals surface area contributed by atoms with Gasteiger partial charge in [-0.2, -0.15) is 0 Å². The Kier molecular flexibility index (Phi) is 5.38. The third-order valence-electron chi connectivity index (χ3n) is 5.58. The molecule has 2 aliphatic rings. The van der Waals surface area contributed by atoms with E-state index in [1.165, 1.54) is 55.8 Å². The minimum absolute atomic E-state index is 0.478. The van der Waals surface area contributed by atoms with Crippen LogP contribution in [0.2, 0.25) is 0 Å². The highest BCUT2D eigenvalue weighted by molar-refractivity contribution is 7.11. The van der Waals surface area contributed by atoms with Crippen LogP contribution >= 0.6 is 11.3 Å². The molecule has 2 aromatic rings. The van der Waals surface area contributed by atoms with Crippen LogP contribution in [-0.4, -0.2) is 56.7 Å². The van der Waals surface area contributed by atoms with E-state index in [0.29, 0.717) is 5.92 Å². The molecule has 7 heteroatoms. The van der Waals surface area contributed by atoms with Crippen molar-refractivity contribution in [2.24, 2.45) is 7.05 Å². The number of thiazole rings is 1. The molecule has 0 radical (unpaired) electrons. The summed E-state index contributed by atoms with van der Waals surface area (Å²) < 4.78 is 2.20. The predicted octanol–water partition coefficient (Wildman–Crippen LogP) is 2.59. The van der Waals surface area contributed by atoms with Gasteiger partial charge in [-0.05, 0) is 59.2 Å². The number of likely N-dealkylation sites (tertiary alicyclic amines) is 1. The zero-order chi connectivity index (χ0) is 18.1. The molecule has 6 nitrogen and oxygen atoms in total. The van der Waals surface area contributed by atoms with E-state index in [1.54, 1.807) is 4.88 Å². The van der Waals surface area contributed by atoms with Crippen LogP contribution in [0, 0.1) is 0 Å². The van der Waals surface area contributed by atoms with Crippen LogP contribution in [0.1, 0.15) is 58.8 Å². The van der Waals surface area contributed by atoms with Crippen LogP contribution in [0.5, 0.6) is 0 Å². The fourth-order valence-corrected chi connectivity index (χ4v) is 5.42. The standard InChI is InChI=1S/C19H30N6S/c1-23(2)12-17-21-22-19(24(17)3)14-7-6-10-25(11-14)13-18-20-15-8-4-5-9-16(15)26-18/h14H,4-13H2,1-3H3/t14-/m0/s1. The summed E-state index contributed by atoms with van der Waals surface area (Å²) >= 11 is 1.95. The molecular formula is C19H30N6S. The van der Waals surface area contributed by atoms with Crippen molar-refractivity contribution in [3.63, 3.8) is 0 Å². The van der Waals surface area contributed by atoms with Gasteiger partial charge in [-0.15, -0.1) is 21.5 Å². The Hall–Kier alpha value is -1.31. The molecule has 0 saturated carbocycles. The molecule has 26 heavy (non-hydrogen) atoms. The van der Waals surface area contributed by atoms with Crippen molar-refractivity contribution in [3.05, 3.63) is 27.2 Å². The summed E-state index contributed by atoms with van der Waals surface area (Å²) in [5.41, 5.74) is 1.38. The van der Waals surface area contributed by atoms with Crippen molar-refractivity contribution in [3.8, 4) is 0 Å². The molecule has 3 heterocycles. The fourth-order valence-electron chi connectivity index (χ4n) is 4.23. The summed E-state index contributed by atoms with van der Waals surface area (Å²) in [6.45, 7) is 4.07. The van der Waals surface area contributed by atoms with E-state index < -0.39 is 0 Å². The Morgan fingerprint density at radius 2 is 2.00 bits per heavy atom. The van der Waals surface area contributed by atoms with Crippen molar-refractivity contribution in [2.75, 3.05) is 27.2 Å². The van der Waals surface area contributed by atoms with Crippen LogP contribution in [0.15, 0.2) is 0 Å². The quantitative estimate of drug-likeness (QED) is 0.805. The molecule has 4 rings (SSSR count). The van der Waals surface area contributed by atoms with Crippen molar-refractivity contribution >= 4 is 11.3 Å². The van der Waals surface area contributed by atoms with E-state index >= 15 is 0 Å². The average Bonchev–Trinajstić information content (AvgIpc) is 3.18. The summed E-state index contributed by atoms with van der Waals surface area (Å²) in [6, 6.07) is 0. The first-order valence-electron chi connectivity index (χ1n) is 9.83. The van der Waals surface area contributed by atoms with Gasteiger partial charge >= 0.3 is 0 Å². The lowest BCUT2D eigenvalue weighted by Crippen LogP contribution is -2.34. The first-order valence-corrected chi connectivity index (χ1v) is 10.6. The average molecular weight is 375 g/mol. The lowest BCUT2D eigenvalue weighted by atomic mass is 9.97. The van der Waals surface area contributed by atoms with Crippen molar-refractivity contribution in [1.82, 2.24) is 29.5 Å². The van der Waals surface area contributed by atoms with Crippen LogP contribution < -0.4 is 0 Å². The summed E-state index contributed by atoms with van der Waals surface area (Å²) in [7, 11) is 6.26. The van der Waals surface area contributed by atoms with E-state index in [1.807, 2.05) is 11.3 Å². The van der Waals surface area contributed by atoms with E-state index in [9.17, 15) is 0 Å². The largest absolute Gasteiger partial charge is 0.317 e. The van der Waals surface area contributed by atoms with Crippen molar-refractivity contribution in [2.45, 2.75) is 57.5 Å². The van der Waals surface area contributed by atoms with Gasteiger partial charge in [0.2, 0.25) is 0 Å². The van der Waals surface area contributed by atoms with Crippen molar-refractivity contribution < 1.29 is 0 Å². The van der Waals surface area contributed by atoms with Gasteiger partial charge in [-0.3, -0.25) is 4.90 Å². The molecule has 0 bridgehead atoms. The maximum absolute atomic E-state index is 4.94. The molecule has 0 N–H and O–H groups in total. The first kappa shape index (κ1) is 18.1. The Morgan fingerprint density at radius 3 is 2.81 bits per heavy atom. The second-order valence-electron chi connectivity index (χ2n) is 8.03. The molecule has 142 valence electrons. The molecule has 2 aromatic heterocycles. The number of fused-ring (bicyclic) bond motifs is 1. The number of rotatable bonds is 5. The minimum Gasteiger partial charge on any atom is -0.317 e. The maximum Gasteiger partial charge on any atom is 0.146 e. The Morgan fingerprint density at radius 1 is 1.15 bits per heavy atom. The highest BCUT2D eigenvalue weighted by atomic mass is 32.1. The Labute approximate surface area is 160 Å². The zero-order valence-electron chi connectivity index (χ0n) is 16.2. The zero-order valence-corrected chi connectivity index (χ0v) is 17.1. The van der Waals surface area contributed by atoms with Gasteiger partial charge in [0.25, 0.3) is 0 Å². The number of aryl methyl sites for hydroxylation is 2. The van der Waals surface area contributed by atoms with Gasteiger partial charge in [0.1, 0.15) is 16.7 Å². The van der Waals surface area contributed by atoms with Gasteiger partial charge in [0.15, 0.2) is 0 Å². The molecule has 0 amide bonds. The monoisotopic (exact) mass is 374 g/mol. The first-order chi connectivity index (χ1) is 12.6. The Bertz CT molecular complexity index is 726. The number of nitrogens with zero attached hydrogens (tertiary/aromatic N) is 6. The SMILES string of the molecule is CN(C)Cc1nnc([C@H]2CCCN(Cc3nc4c(s3)CCCC4)C2)n1C. The summed E-state index contributed by atoms with van der Waals surface area (Å²) in [5, 5.41) is 10.3. The lowest BCUT2D eigenvalue weighted by Gasteiger charge is -2.31. The summed E-state index contributed by atoms with van der Waals surface area (Å²) in [4.78, 5) is 11.2. The highest BCUT2D eigenvalue weighted by Gasteiger charge is 2.27. The van der Waals surface area contributed by atoms with Gasteiger partial charge in [0, 0.05) is 24.4 Å². The maximum atomic E-state index is 4.94. The fraction of sp³-hybridized carbons (Fsp3) is 0.737. The van der Waals surface area contributed by atoms with Gasteiger partial charge in [0.05, 0.1) is 18.8 Å². The number of aromatic nitrogens is 4. The van der Waals surface area contributed by atoms with E-state index in [0.717, 1.165) is 31.3 Å². The topological polar surface area (TPSA) is 50.1 Å². The lowest BCUT2D eigenvalue weighted by molar-refractivity contribution is 0.194. The van der Waals surface area contributed by atoms with E-state index in [4.69, 9.17) is 4.98 Å².